The summed E-state index contributed by atoms with van der Waals surface area (Å²) in [6.45, 7) is 43.8. The minimum Gasteiger partial charge on any atom is -0.265 e. The van der Waals surface area contributed by atoms with Gasteiger partial charge < -0.3 is 0 Å². The molecular weight excluding hydrogens is 685 g/mol. The van der Waals surface area contributed by atoms with Crippen molar-refractivity contribution in [1.29, 1.82) is 0 Å². The lowest BCUT2D eigenvalue weighted by Gasteiger charge is -2.05. The molecule has 0 aliphatic heterocycles. The molecule has 0 amide bonds. The first-order valence-corrected chi connectivity index (χ1v) is 19.2. The standard InChI is InChI=1S/C5H5N.5C5H12.3C4H4N2.C3H3NS/c1-2-4-6-5-3-1;5*1-5(2,3)4;1-2-6-4-3-5-1;1-2-5-4-6-3-1;1-2-4-6-5-3-1;1-2-5-3-4-1/h1-5H;5*1-4H3;3*1-4H;1-3H. The molecule has 0 atom stereocenters. The third kappa shape index (κ3) is 170. The minimum atomic E-state index is 0.500. The van der Waals surface area contributed by atoms with E-state index in [4.69, 9.17) is 0 Å². The van der Waals surface area contributed by atoms with Gasteiger partial charge in [0, 0.05) is 73.5 Å². The zero-order valence-corrected chi connectivity index (χ0v) is 38.8. The molecule has 306 valence electrons. The molecule has 0 bridgehead atoms. The lowest BCUT2D eigenvalue weighted by Crippen LogP contribution is -1.93. The van der Waals surface area contributed by atoms with E-state index < -0.39 is 0 Å². The van der Waals surface area contributed by atoms with E-state index in [-0.39, 0.29) is 0 Å². The van der Waals surface area contributed by atoms with Crippen LogP contribution in [0.4, 0.5) is 0 Å². The van der Waals surface area contributed by atoms with Crippen molar-refractivity contribution in [2.75, 3.05) is 0 Å². The molecule has 0 radical (unpaired) electrons. The maximum Gasteiger partial charge on any atom is 0.115 e. The van der Waals surface area contributed by atoms with Crippen molar-refractivity contribution in [1.82, 2.24) is 40.1 Å². The second-order valence-corrected chi connectivity index (χ2v) is 20.2. The van der Waals surface area contributed by atoms with Gasteiger partial charge in [-0.25, -0.2) is 9.97 Å². The molecule has 0 fully saturated rings. The summed E-state index contributed by atoms with van der Waals surface area (Å²) in [5, 5.41) is 9.00. The summed E-state index contributed by atoms with van der Waals surface area (Å²) in [7, 11) is 0. The van der Waals surface area contributed by atoms with Crippen LogP contribution < -0.4 is 0 Å². The number of aromatic nitrogens is 8. The molecule has 0 spiro atoms. The molecule has 9 heteroatoms. The molecule has 54 heavy (non-hydrogen) atoms. The van der Waals surface area contributed by atoms with Gasteiger partial charge in [-0.1, -0.05) is 145 Å². The average Bonchev–Trinajstić information content (AvgIpc) is 3.62. The zero-order chi connectivity index (χ0) is 43.0. The Hall–Kier alpha value is -3.98. The van der Waals surface area contributed by atoms with E-state index in [1.807, 2.05) is 35.7 Å². The van der Waals surface area contributed by atoms with Crippen molar-refractivity contribution in [2.24, 2.45) is 27.1 Å². The lowest BCUT2D eigenvalue weighted by molar-refractivity contribution is 0.469. The van der Waals surface area contributed by atoms with Gasteiger partial charge in [-0.05, 0) is 57.4 Å². The van der Waals surface area contributed by atoms with E-state index in [0.29, 0.717) is 27.1 Å². The Morgan fingerprint density at radius 1 is 0.278 bits per heavy atom. The molecule has 0 unspecified atom stereocenters. The average molecular weight is 765 g/mol. The second kappa shape index (κ2) is 37.3. The highest BCUT2D eigenvalue weighted by Gasteiger charge is 1.97. The molecule has 0 saturated heterocycles. The van der Waals surface area contributed by atoms with E-state index in [1.54, 1.807) is 91.1 Å². The number of thiazole rings is 1. The summed E-state index contributed by atoms with van der Waals surface area (Å²) in [5.41, 5.74) is 4.29. The van der Waals surface area contributed by atoms with E-state index >= 15 is 0 Å². The highest BCUT2D eigenvalue weighted by atomic mass is 32.1. The summed E-state index contributed by atoms with van der Waals surface area (Å²) in [4.78, 5) is 22.3. The molecule has 0 aliphatic carbocycles. The summed E-state index contributed by atoms with van der Waals surface area (Å²) in [6, 6.07) is 11.1. The Bertz CT molecular complexity index is 941. The normalized spacial score (nSPS) is 9.85. The monoisotopic (exact) mass is 765 g/mol. The maximum atomic E-state index is 3.78. The van der Waals surface area contributed by atoms with Gasteiger partial charge in [0.05, 0.1) is 5.51 Å². The van der Waals surface area contributed by atoms with Gasteiger partial charge in [-0.3, -0.25) is 19.9 Å². The number of hydrogen-bond donors (Lipinski definition) is 0. The zero-order valence-electron chi connectivity index (χ0n) is 38.0. The van der Waals surface area contributed by atoms with Crippen LogP contribution in [0.15, 0.2) is 122 Å². The molecule has 5 heterocycles. The van der Waals surface area contributed by atoms with E-state index in [9.17, 15) is 0 Å². The summed E-state index contributed by atoms with van der Waals surface area (Å²) in [6.07, 6.45) is 20.0. The Kier molecular flexibility index (Phi) is 41.0. The molecule has 5 rings (SSSR count). The van der Waals surface area contributed by atoms with E-state index in [1.165, 1.54) is 6.33 Å². The van der Waals surface area contributed by atoms with Crippen LogP contribution >= 0.6 is 11.3 Å². The van der Waals surface area contributed by atoms with Crippen LogP contribution in [0.2, 0.25) is 0 Å². The predicted octanol–water partition coefficient (Wildman–Crippen LogP) is 13.9. The van der Waals surface area contributed by atoms with Crippen LogP contribution in [0.25, 0.3) is 0 Å². The summed E-state index contributed by atoms with van der Waals surface area (Å²) in [5.74, 6) is 0. The quantitative estimate of drug-likeness (QED) is 0.154. The van der Waals surface area contributed by atoms with Crippen LogP contribution in [0.1, 0.15) is 138 Å². The van der Waals surface area contributed by atoms with Gasteiger partial charge in [-0.15, -0.1) is 11.3 Å². The topological polar surface area (TPSA) is 103 Å². The number of rotatable bonds is 0. The van der Waals surface area contributed by atoms with Gasteiger partial charge in [0.2, 0.25) is 0 Å². The van der Waals surface area contributed by atoms with Crippen LogP contribution in [0.3, 0.4) is 0 Å². The fourth-order valence-corrected chi connectivity index (χ4v) is 1.60. The van der Waals surface area contributed by atoms with Gasteiger partial charge in [0.1, 0.15) is 6.33 Å². The smallest absolute Gasteiger partial charge is 0.115 e. The van der Waals surface area contributed by atoms with Gasteiger partial charge >= 0.3 is 0 Å². The van der Waals surface area contributed by atoms with Crippen molar-refractivity contribution in [3.05, 3.63) is 122 Å². The Labute approximate surface area is 337 Å². The Balaban J connectivity index is -0.000000165. The van der Waals surface area contributed by atoms with Crippen molar-refractivity contribution >= 4 is 11.3 Å². The number of pyridine rings is 1. The number of hydrogen-bond acceptors (Lipinski definition) is 9. The van der Waals surface area contributed by atoms with Crippen LogP contribution in [-0.4, -0.2) is 40.1 Å². The molecule has 0 aliphatic rings. The SMILES string of the molecule is CC(C)(C)C.CC(C)(C)C.CC(C)(C)C.CC(C)(C)C.CC(C)(C)C.c1ccncc1.c1ccnnc1.c1cnccn1.c1cncnc1.c1cscn1. The Morgan fingerprint density at radius 3 is 0.648 bits per heavy atom. The second-order valence-electron chi connectivity index (χ2n) is 19.4. The first kappa shape index (κ1) is 59.3. The summed E-state index contributed by atoms with van der Waals surface area (Å²) >= 11 is 1.60. The fourth-order valence-electron chi connectivity index (χ4n) is 1.25. The molecule has 5 aromatic rings. The van der Waals surface area contributed by atoms with E-state index in [0.717, 1.165) is 0 Å². The van der Waals surface area contributed by atoms with Crippen molar-refractivity contribution in [2.45, 2.75) is 138 Å². The van der Waals surface area contributed by atoms with E-state index in [2.05, 4.69) is 179 Å². The highest BCUT2D eigenvalue weighted by molar-refractivity contribution is 7.07. The third-order valence-corrected chi connectivity index (χ3v) is 2.87. The van der Waals surface area contributed by atoms with Crippen LogP contribution in [-0.2, 0) is 0 Å². The van der Waals surface area contributed by atoms with Crippen molar-refractivity contribution in [3.63, 3.8) is 0 Å². The minimum absolute atomic E-state index is 0.500. The predicted molar refractivity (Wildman–Crippen MR) is 238 cm³/mol. The van der Waals surface area contributed by atoms with Crippen molar-refractivity contribution in [3.8, 4) is 0 Å². The van der Waals surface area contributed by atoms with Gasteiger partial charge in [0.25, 0.3) is 0 Å². The maximum absolute atomic E-state index is 3.78. The largest absolute Gasteiger partial charge is 0.265 e. The first-order chi connectivity index (χ1) is 24.5. The Morgan fingerprint density at radius 2 is 0.556 bits per heavy atom. The third-order valence-electron chi connectivity index (χ3n) is 2.35. The lowest BCUT2D eigenvalue weighted by atomic mass is 10.0. The van der Waals surface area contributed by atoms with Gasteiger partial charge in [0.15, 0.2) is 0 Å². The molecule has 0 N–H and O–H groups in total. The molecule has 8 nitrogen and oxygen atoms in total. The molecule has 5 aromatic heterocycles. The van der Waals surface area contributed by atoms with Crippen LogP contribution in [0, 0.1) is 27.1 Å². The van der Waals surface area contributed by atoms with Crippen molar-refractivity contribution < 1.29 is 0 Å². The molecular formula is C45H80N8S. The first-order valence-electron chi connectivity index (χ1n) is 18.3. The van der Waals surface area contributed by atoms with Gasteiger partial charge in [-0.2, -0.15) is 10.2 Å². The molecule has 0 saturated carbocycles. The number of nitrogens with zero attached hydrogens (tertiary/aromatic N) is 8. The fraction of sp³-hybridized carbons (Fsp3) is 0.556. The summed E-state index contributed by atoms with van der Waals surface area (Å²) < 4.78 is 0. The van der Waals surface area contributed by atoms with Crippen LogP contribution in [0.5, 0.6) is 0 Å². The highest BCUT2D eigenvalue weighted by Crippen LogP contribution is 2.10. The molecule has 0 aromatic carbocycles.